The molecule has 32 heavy (non-hydrogen) atoms. The summed E-state index contributed by atoms with van der Waals surface area (Å²) in [6.45, 7) is 1.33. The lowest BCUT2D eigenvalue weighted by atomic mass is 10.1. The van der Waals surface area contributed by atoms with E-state index < -0.39 is 18.0 Å². The predicted octanol–water partition coefficient (Wildman–Crippen LogP) is 2.99. The summed E-state index contributed by atoms with van der Waals surface area (Å²) in [5.74, 6) is -1.53. The van der Waals surface area contributed by atoms with Crippen LogP contribution in [0.5, 0.6) is 0 Å². The molecule has 0 radical (unpaired) electrons. The van der Waals surface area contributed by atoms with E-state index in [-0.39, 0.29) is 18.0 Å². The monoisotopic (exact) mass is 447 g/mol. The molecule has 0 saturated carbocycles. The quantitative estimate of drug-likeness (QED) is 0.482. The van der Waals surface area contributed by atoms with E-state index >= 15 is 0 Å². The minimum absolute atomic E-state index is 0.153. The molecule has 1 aromatic carbocycles. The largest absolute Gasteiger partial charge is 0.449 e. The van der Waals surface area contributed by atoms with E-state index in [0.29, 0.717) is 17.0 Å². The van der Waals surface area contributed by atoms with Crippen LogP contribution in [0.1, 0.15) is 17.3 Å². The summed E-state index contributed by atoms with van der Waals surface area (Å²) < 4.78 is 7.02. The van der Waals surface area contributed by atoms with Gasteiger partial charge in [-0.2, -0.15) is 5.10 Å². The highest BCUT2D eigenvalue weighted by Gasteiger charge is 2.32. The zero-order chi connectivity index (χ0) is 22.2. The van der Waals surface area contributed by atoms with Gasteiger partial charge in [-0.1, -0.05) is 18.2 Å². The SMILES string of the molecule is CC(OC(=O)c1cnn2c(-c3cccs3)ccnc12)C(=O)N1CC(=O)Nc2ccccc21. The van der Waals surface area contributed by atoms with Crippen LogP contribution in [0.25, 0.3) is 16.2 Å². The van der Waals surface area contributed by atoms with Crippen molar-refractivity contribution in [2.75, 3.05) is 16.8 Å². The fourth-order valence-corrected chi connectivity index (χ4v) is 4.31. The van der Waals surface area contributed by atoms with Crippen LogP contribution in [-0.2, 0) is 14.3 Å². The van der Waals surface area contributed by atoms with Gasteiger partial charge in [0.15, 0.2) is 11.8 Å². The third-order valence-electron chi connectivity index (χ3n) is 5.06. The number of thiophene rings is 1. The minimum atomic E-state index is -1.11. The summed E-state index contributed by atoms with van der Waals surface area (Å²) in [7, 11) is 0. The van der Waals surface area contributed by atoms with Crippen LogP contribution in [0.15, 0.2) is 60.2 Å². The van der Waals surface area contributed by atoms with E-state index in [0.717, 1.165) is 10.6 Å². The highest BCUT2D eigenvalue weighted by atomic mass is 32.1. The number of anilines is 2. The van der Waals surface area contributed by atoms with Crippen LogP contribution in [-0.4, -0.2) is 45.0 Å². The van der Waals surface area contributed by atoms with Gasteiger partial charge in [-0.3, -0.25) is 14.5 Å². The lowest BCUT2D eigenvalue weighted by Gasteiger charge is -2.30. The maximum Gasteiger partial charge on any atom is 0.344 e. The average Bonchev–Trinajstić information content (AvgIpc) is 3.48. The number of benzene rings is 1. The molecular formula is C22H17N5O4S. The second-order valence-electron chi connectivity index (χ2n) is 7.14. The van der Waals surface area contributed by atoms with Gasteiger partial charge in [0, 0.05) is 6.20 Å². The number of nitrogens with one attached hydrogen (secondary N) is 1. The predicted molar refractivity (Wildman–Crippen MR) is 119 cm³/mol. The van der Waals surface area contributed by atoms with Gasteiger partial charge in [0.25, 0.3) is 5.91 Å². The number of carbonyl (C=O) groups excluding carboxylic acids is 3. The third kappa shape index (κ3) is 3.40. The average molecular weight is 447 g/mol. The van der Waals surface area contributed by atoms with Gasteiger partial charge in [0.05, 0.1) is 28.1 Å². The molecule has 1 N–H and O–H groups in total. The molecule has 3 aromatic heterocycles. The van der Waals surface area contributed by atoms with Crippen molar-refractivity contribution in [2.45, 2.75) is 13.0 Å². The van der Waals surface area contributed by atoms with Gasteiger partial charge in [0.2, 0.25) is 5.91 Å². The topological polar surface area (TPSA) is 106 Å². The summed E-state index contributed by atoms with van der Waals surface area (Å²) in [6, 6.07) is 12.7. The van der Waals surface area contributed by atoms with Crippen LogP contribution in [0.3, 0.4) is 0 Å². The van der Waals surface area contributed by atoms with Crippen LogP contribution < -0.4 is 10.2 Å². The van der Waals surface area contributed by atoms with Crippen molar-refractivity contribution in [1.29, 1.82) is 0 Å². The standard InChI is InChI=1S/C22H17N5O4S/c1-13(21(29)26-12-19(28)25-15-5-2-3-6-16(15)26)31-22(30)14-11-24-27-17(8-9-23-20(14)27)18-7-4-10-32-18/h2-11,13H,12H2,1H3,(H,25,28). The molecule has 160 valence electrons. The van der Waals surface area contributed by atoms with Gasteiger partial charge in [-0.05, 0) is 36.6 Å². The van der Waals surface area contributed by atoms with Crippen molar-refractivity contribution < 1.29 is 19.1 Å². The molecule has 9 nitrogen and oxygen atoms in total. The molecule has 0 fully saturated rings. The number of esters is 1. The van der Waals surface area contributed by atoms with E-state index in [4.69, 9.17) is 4.74 Å². The van der Waals surface area contributed by atoms with Crippen LogP contribution in [0.4, 0.5) is 11.4 Å². The number of ether oxygens (including phenoxy) is 1. The van der Waals surface area contributed by atoms with Gasteiger partial charge in [-0.15, -0.1) is 11.3 Å². The molecule has 0 aliphatic carbocycles. The number of nitrogens with zero attached hydrogens (tertiary/aromatic N) is 4. The second kappa shape index (κ2) is 7.89. The maximum atomic E-state index is 13.0. The number of carbonyl (C=O) groups is 3. The Kier molecular flexibility index (Phi) is 4.91. The Balaban J connectivity index is 1.39. The molecule has 4 aromatic rings. The molecule has 1 unspecified atom stereocenters. The molecule has 1 aliphatic rings. The Morgan fingerprint density at radius 1 is 1.19 bits per heavy atom. The van der Waals surface area contributed by atoms with E-state index in [1.165, 1.54) is 18.0 Å². The number of fused-ring (bicyclic) bond motifs is 2. The van der Waals surface area contributed by atoms with Crippen LogP contribution >= 0.6 is 11.3 Å². The molecule has 5 rings (SSSR count). The zero-order valence-electron chi connectivity index (χ0n) is 16.9. The number of rotatable bonds is 4. The first-order valence-corrected chi connectivity index (χ1v) is 10.7. The fourth-order valence-electron chi connectivity index (χ4n) is 3.57. The summed E-state index contributed by atoms with van der Waals surface area (Å²) in [6.07, 6.45) is 1.86. The van der Waals surface area contributed by atoms with Crippen LogP contribution in [0, 0.1) is 0 Å². The smallest absolute Gasteiger partial charge is 0.344 e. The molecule has 4 heterocycles. The minimum Gasteiger partial charge on any atom is -0.449 e. The van der Waals surface area contributed by atoms with Crippen molar-refractivity contribution in [3.63, 3.8) is 0 Å². The first kappa shape index (κ1) is 19.9. The second-order valence-corrected chi connectivity index (χ2v) is 8.09. The number of aromatic nitrogens is 3. The van der Waals surface area contributed by atoms with Gasteiger partial charge in [0.1, 0.15) is 12.1 Å². The van der Waals surface area contributed by atoms with Crippen LogP contribution in [0.2, 0.25) is 0 Å². The molecule has 1 aliphatic heterocycles. The fraction of sp³-hybridized carbons (Fsp3) is 0.136. The Hall–Kier alpha value is -4.05. The molecule has 0 spiro atoms. The van der Waals surface area contributed by atoms with Crippen molar-refractivity contribution in [1.82, 2.24) is 14.6 Å². The Morgan fingerprint density at radius 3 is 2.84 bits per heavy atom. The summed E-state index contributed by atoms with van der Waals surface area (Å²) in [5.41, 5.74) is 2.37. The molecule has 2 amide bonds. The van der Waals surface area contributed by atoms with Gasteiger partial charge < -0.3 is 10.1 Å². The Labute approximate surface area is 186 Å². The lowest BCUT2D eigenvalue weighted by Crippen LogP contribution is -2.47. The van der Waals surface area contributed by atoms with Crippen molar-refractivity contribution in [2.24, 2.45) is 0 Å². The summed E-state index contributed by atoms with van der Waals surface area (Å²) in [4.78, 5) is 44.5. The Bertz CT molecular complexity index is 1350. The van der Waals surface area contributed by atoms with E-state index in [9.17, 15) is 14.4 Å². The molecule has 0 bridgehead atoms. The number of amides is 2. The molecule has 0 saturated heterocycles. The van der Waals surface area contributed by atoms with Gasteiger partial charge in [-0.25, -0.2) is 14.3 Å². The highest BCUT2D eigenvalue weighted by Crippen LogP contribution is 2.30. The van der Waals surface area contributed by atoms with Gasteiger partial charge >= 0.3 is 5.97 Å². The van der Waals surface area contributed by atoms with E-state index in [2.05, 4.69) is 15.4 Å². The number of hydrogen-bond donors (Lipinski definition) is 1. The highest BCUT2D eigenvalue weighted by molar-refractivity contribution is 7.13. The Morgan fingerprint density at radius 2 is 2.03 bits per heavy atom. The summed E-state index contributed by atoms with van der Waals surface area (Å²) in [5, 5.41) is 8.96. The van der Waals surface area contributed by atoms with E-state index in [1.54, 1.807) is 46.3 Å². The van der Waals surface area contributed by atoms with Crippen molar-refractivity contribution in [3.8, 4) is 10.6 Å². The molecule has 1 atom stereocenters. The van der Waals surface area contributed by atoms with Crippen molar-refractivity contribution >= 4 is 46.1 Å². The molecule has 10 heteroatoms. The summed E-state index contributed by atoms with van der Waals surface area (Å²) >= 11 is 1.55. The maximum absolute atomic E-state index is 13.0. The number of hydrogen-bond acceptors (Lipinski definition) is 7. The number of para-hydroxylation sites is 2. The first-order chi connectivity index (χ1) is 15.5. The normalized spacial score (nSPS) is 14.0. The first-order valence-electron chi connectivity index (χ1n) is 9.81. The van der Waals surface area contributed by atoms with Crippen molar-refractivity contribution in [3.05, 3.63) is 65.8 Å². The van der Waals surface area contributed by atoms with E-state index in [1.807, 2.05) is 23.6 Å². The zero-order valence-corrected chi connectivity index (χ0v) is 17.7. The molecular weight excluding hydrogens is 430 g/mol. The lowest BCUT2D eigenvalue weighted by molar-refractivity contribution is -0.128. The third-order valence-corrected chi connectivity index (χ3v) is 5.96.